The molecule has 0 heterocycles. The summed E-state index contributed by atoms with van der Waals surface area (Å²) >= 11 is 0. The lowest BCUT2D eigenvalue weighted by Crippen LogP contribution is -2.40. The van der Waals surface area contributed by atoms with Gasteiger partial charge in [0.15, 0.2) is 0 Å². The molecule has 3 nitrogen and oxygen atoms in total. The van der Waals surface area contributed by atoms with Crippen molar-refractivity contribution in [1.82, 2.24) is 10.2 Å². The molecule has 1 fully saturated rings. The summed E-state index contributed by atoms with van der Waals surface area (Å²) in [6, 6.07) is 2.38. The summed E-state index contributed by atoms with van der Waals surface area (Å²) in [4.78, 5) is 2.44. The van der Waals surface area contributed by atoms with Crippen LogP contribution in [-0.2, 0) is 0 Å². The highest BCUT2D eigenvalue weighted by atomic mass is 15.1. The molecule has 0 bridgehead atoms. The molecular weight excluding hydrogens is 210 g/mol. The number of unbranched alkanes of at least 4 members (excludes halogenated alkanes) is 1. The lowest BCUT2D eigenvalue weighted by molar-refractivity contribution is 0.304. The van der Waals surface area contributed by atoms with Gasteiger partial charge in [0.25, 0.3) is 0 Å². The summed E-state index contributed by atoms with van der Waals surface area (Å²) in [5.74, 6) is 0.978. The maximum Gasteiger partial charge on any atom is 0.103 e. The van der Waals surface area contributed by atoms with Crippen molar-refractivity contribution in [2.45, 2.75) is 51.5 Å². The molecular formula is C14H27N3. The average Bonchev–Trinajstić information content (AvgIpc) is 3.09. The van der Waals surface area contributed by atoms with Crippen LogP contribution in [0.3, 0.4) is 0 Å². The normalized spacial score (nSPS) is 19.0. The fourth-order valence-corrected chi connectivity index (χ4v) is 2.27. The van der Waals surface area contributed by atoms with Crippen LogP contribution in [0.1, 0.15) is 46.0 Å². The predicted octanol–water partition coefficient (Wildman–Crippen LogP) is 2.39. The average molecular weight is 237 g/mol. The maximum atomic E-state index is 9.13. The van der Waals surface area contributed by atoms with Gasteiger partial charge in [-0.05, 0) is 65.1 Å². The molecule has 1 saturated carbocycles. The summed E-state index contributed by atoms with van der Waals surface area (Å²) in [5, 5.41) is 12.4. The second-order valence-electron chi connectivity index (χ2n) is 5.64. The zero-order valence-electron chi connectivity index (χ0n) is 11.6. The Bertz CT molecular complexity index is 255. The van der Waals surface area contributed by atoms with Gasteiger partial charge in [-0.3, -0.25) is 5.32 Å². The zero-order chi connectivity index (χ0) is 12.7. The molecule has 17 heavy (non-hydrogen) atoms. The van der Waals surface area contributed by atoms with E-state index in [9.17, 15) is 0 Å². The van der Waals surface area contributed by atoms with E-state index >= 15 is 0 Å². The summed E-state index contributed by atoms with van der Waals surface area (Å²) in [6.07, 6.45) is 6.14. The Kier molecular flexibility index (Phi) is 5.94. The first-order valence-corrected chi connectivity index (χ1v) is 6.94. The Morgan fingerprint density at radius 1 is 1.41 bits per heavy atom. The lowest BCUT2D eigenvalue weighted by Gasteiger charge is -2.23. The van der Waals surface area contributed by atoms with E-state index in [1.54, 1.807) is 0 Å². The number of nitrogens with zero attached hydrogens (tertiary/aromatic N) is 2. The molecule has 1 aliphatic rings. The van der Waals surface area contributed by atoms with Crippen LogP contribution in [0.15, 0.2) is 0 Å². The van der Waals surface area contributed by atoms with Crippen molar-refractivity contribution in [3.8, 4) is 6.07 Å². The summed E-state index contributed by atoms with van der Waals surface area (Å²) < 4.78 is 0. The van der Waals surface area contributed by atoms with Crippen LogP contribution in [0.2, 0.25) is 0 Å². The van der Waals surface area contributed by atoms with Crippen LogP contribution in [-0.4, -0.2) is 37.1 Å². The van der Waals surface area contributed by atoms with Crippen molar-refractivity contribution in [2.75, 3.05) is 26.7 Å². The zero-order valence-corrected chi connectivity index (χ0v) is 11.6. The number of hydrogen-bond acceptors (Lipinski definition) is 3. The fraction of sp³-hybridized carbons (Fsp3) is 0.929. The van der Waals surface area contributed by atoms with Gasteiger partial charge in [-0.2, -0.15) is 5.26 Å². The van der Waals surface area contributed by atoms with E-state index in [1.807, 2.05) is 6.92 Å². The molecule has 1 unspecified atom stereocenters. The molecule has 1 aliphatic carbocycles. The van der Waals surface area contributed by atoms with Gasteiger partial charge in [-0.1, -0.05) is 6.92 Å². The third kappa shape index (κ3) is 6.05. The van der Waals surface area contributed by atoms with Crippen molar-refractivity contribution in [1.29, 1.82) is 5.26 Å². The van der Waals surface area contributed by atoms with Crippen LogP contribution in [0.25, 0.3) is 0 Å². The van der Waals surface area contributed by atoms with Gasteiger partial charge in [-0.25, -0.2) is 0 Å². The highest BCUT2D eigenvalue weighted by Crippen LogP contribution is 2.29. The molecule has 1 rings (SSSR count). The predicted molar refractivity (Wildman–Crippen MR) is 71.8 cm³/mol. The molecule has 0 radical (unpaired) electrons. The monoisotopic (exact) mass is 237 g/mol. The van der Waals surface area contributed by atoms with Gasteiger partial charge in [0.2, 0.25) is 0 Å². The van der Waals surface area contributed by atoms with Gasteiger partial charge in [0.1, 0.15) is 5.54 Å². The van der Waals surface area contributed by atoms with Crippen LogP contribution in [0, 0.1) is 17.2 Å². The van der Waals surface area contributed by atoms with Crippen molar-refractivity contribution in [3.63, 3.8) is 0 Å². The van der Waals surface area contributed by atoms with Gasteiger partial charge >= 0.3 is 0 Å². The lowest BCUT2D eigenvalue weighted by atomic mass is 9.96. The Balaban J connectivity index is 2.07. The molecule has 98 valence electrons. The molecule has 0 aliphatic heterocycles. The summed E-state index contributed by atoms with van der Waals surface area (Å²) in [6.45, 7) is 7.36. The maximum absolute atomic E-state index is 9.13. The van der Waals surface area contributed by atoms with E-state index in [1.165, 1.54) is 32.4 Å². The van der Waals surface area contributed by atoms with Crippen molar-refractivity contribution in [3.05, 3.63) is 0 Å². The van der Waals surface area contributed by atoms with Crippen molar-refractivity contribution < 1.29 is 0 Å². The molecule has 0 aromatic carbocycles. The van der Waals surface area contributed by atoms with Crippen molar-refractivity contribution >= 4 is 0 Å². The number of nitrogens with one attached hydrogen (secondary N) is 1. The van der Waals surface area contributed by atoms with Crippen LogP contribution >= 0.6 is 0 Å². The van der Waals surface area contributed by atoms with Gasteiger partial charge < -0.3 is 4.90 Å². The van der Waals surface area contributed by atoms with E-state index in [4.69, 9.17) is 5.26 Å². The summed E-state index contributed by atoms with van der Waals surface area (Å²) in [5.41, 5.74) is -0.330. The van der Waals surface area contributed by atoms with Crippen molar-refractivity contribution in [2.24, 2.45) is 5.92 Å². The topological polar surface area (TPSA) is 39.1 Å². The second-order valence-corrected chi connectivity index (χ2v) is 5.64. The molecule has 0 aromatic rings. The first-order chi connectivity index (χ1) is 8.09. The fourth-order valence-electron chi connectivity index (χ4n) is 2.27. The Labute approximate surface area is 106 Å². The minimum Gasteiger partial charge on any atom is -0.306 e. The minimum atomic E-state index is -0.330. The Morgan fingerprint density at radius 3 is 2.65 bits per heavy atom. The largest absolute Gasteiger partial charge is 0.306 e. The molecule has 1 N–H and O–H groups in total. The first kappa shape index (κ1) is 14.5. The van der Waals surface area contributed by atoms with E-state index < -0.39 is 0 Å². The number of nitriles is 1. The molecule has 0 saturated heterocycles. The first-order valence-electron chi connectivity index (χ1n) is 6.94. The Morgan fingerprint density at radius 2 is 2.12 bits per heavy atom. The molecule has 1 atom stereocenters. The summed E-state index contributed by atoms with van der Waals surface area (Å²) in [7, 11) is 2.21. The van der Waals surface area contributed by atoms with Crippen LogP contribution in [0.5, 0.6) is 0 Å². The smallest absolute Gasteiger partial charge is 0.103 e. The van der Waals surface area contributed by atoms with Gasteiger partial charge in [-0.15, -0.1) is 0 Å². The highest BCUT2D eigenvalue weighted by Gasteiger charge is 2.23. The number of rotatable bonds is 9. The standard InChI is InChI=1S/C14H27N3/c1-4-16-14(2,12-15)9-5-6-10-17(3)11-13-7-8-13/h13,16H,4-11H2,1-3H3. The van der Waals surface area contributed by atoms with E-state index in [0.717, 1.165) is 25.3 Å². The molecule has 0 aromatic heterocycles. The highest BCUT2D eigenvalue weighted by molar-refractivity contribution is 5.03. The van der Waals surface area contributed by atoms with Gasteiger partial charge in [0.05, 0.1) is 6.07 Å². The quantitative estimate of drug-likeness (QED) is 0.626. The second kappa shape index (κ2) is 6.98. The molecule has 0 spiro atoms. The minimum absolute atomic E-state index is 0.330. The van der Waals surface area contributed by atoms with E-state index in [0.29, 0.717) is 0 Å². The van der Waals surface area contributed by atoms with E-state index in [-0.39, 0.29) is 5.54 Å². The van der Waals surface area contributed by atoms with E-state index in [2.05, 4.69) is 30.3 Å². The third-order valence-electron chi connectivity index (χ3n) is 3.55. The molecule has 3 heteroatoms. The SMILES string of the molecule is CCNC(C)(C#N)CCCCN(C)CC1CC1. The third-order valence-corrected chi connectivity index (χ3v) is 3.55. The Hall–Kier alpha value is -0.590. The molecule has 0 amide bonds. The van der Waals surface area contributed by atoms with Crippen LogP contribution in [0.4, 0.5) is 0 Å². The van der Waals surface area contributed by atoms with Crippen LogP contribution < -0.4 is 5.32 Å². The number of hydrogen-bond donors (Lipinski definition) is 1. The van der Waals surface area contributed by atoms with Gasteiger partial charge in [0, 0.05) is 6.54 Å².